The van der Waals surface area contributed by atoms with E-state index in [4.69, 9.17) is 4.74 Å². The number of carbonyl (C=O) groups is 2. The van der Waals surface area contributed by atoms with Gasteiger partial charge in [0.05, 0.1) is 25.1 Å². The number of ether oxygens (including phenoxy) is 1. The average molecular weight is 296 g/mol. The first-order valence-electron chi connectivity index (χ1n) is 6.77. The quantitative estimate of drug-likeness (QED) is 0.737. The molecule has 0 spiro atoms. The first-order valence-corrected chi connectivity index (χ1v) is 6.77. The van der Waals surface area contributed by atoms with Gasteiger partial charge in [0, 0.05) is 24.9 Å². The topological polar surface area (TPSA) is 108 Å². The fourth-order valence-electron chi connectivity index (χ4n) is 2.25. The van der Waals surface area contributed by atoms with E-state index in [2.05, 4.69) is 15.3 Å². The van der Waals surface area contributed by atoms with Gasteiger partial charge in [-0.2, -0.15) is 0 Å². The number of nitrogens with zero attached hydrogens (tertiary/aromatic N) is 2. The molecule has 0 unspecified atom stereocenters. The summed E-state index contributed by atoms with van der Waals surface area (Å²) in [5.74, 6) is -1.08. The van der Waals surface area contributed by atoms with Crippen molar-refractivity contribution in [2.75, 3.05) is 19.7 Å². The number of carboxylic acids is 1. The summed E-state index contributed by atoms with van der Waals surface area (Å²) in [6.07, 6.45) is 3.18. The van der Waals surface area contributed by atoms with Gasteiger partial charge in [-0.3, -0.25) is 0 Å². The molecule has 1 aromatic heterocycles. The van der Waals surface area contributed by atoms with Crippen LogP contribution in [0.15, 0.2) is 12.5 Å². The molecule has 116 valence electrons. The Hall–Kier alpha value is -2.09. The lowest BCUT2D eigenvalue weighted by atomic mass is 10.1. The van der Waals surface area contributed by atoms with Crippen LogP contribution in [0.3, 0.4) is 0 Å². The molecule has 1 atom stereocenters. The Morgan fingerprint density at radius 2 is 2.38 bits per heavy atom. The zero-order valence-electron chi connectivity index (χ0n) is 12.1. The second-order valence-corrected chi connectivity index (χ2v) is 5.65. The number of amides is 2. The Bertz CT molecular complexity index is 500. The fourth-order valence-corrected chi connectivity index (χ4v) is 2.25. The van der Waals surface area contributed by atoms with E-state index in [0.717, 1.165) is 0 Å². The van der Waals surface area contributed by atoms with Crippen LogP contribution in [0, 0.1) is 0 Å². The van der Waals surface area contributed by atoms with Crippen molar-refractivity contribution in [1.29, 1.82) is 0 Å². The van der Waals surface area contributed by atoms with Gasteiger partial charge in [-0.15, -0.1) is 0 Å². The summed E-state index contributed by atoms with van der Waals surface area (Å²) in [7, 11) is 0. The Kier molecular flexibility index (Phi) is 4.46. The van der Waals surface area contributed by atoms with E-state index in [1.54, 1.807) is 11.1 Å². The number of imidazole rings is 1. The number of urea groups is 1. The van der Waals surface area contributed by atoms with Gasteiger partial charge in [-0.25, -0.2) is 14.6 Å². The van der Waals surface area contributed by atoms with Crippen molar-refractivity contribution in [2.24, 2.45) is 0 Å². The molecule has 1 aliphatic heterocycles. The number of morpholine rings is 1. The van der Waals surface area contributed by atoms with Crippen molar-refractivity contribution in [3.05, 3.63) is 18.2 Å². The maximum absolute atomic E-state index is 12.2. The summed E-state index contributed by atoms with van der Waals surface area (Å²) in [6, 6.07) is -1.39. The van der Waals surface area contributed by atoms with E-state index in [-0.39, 0.29) is 6.42 Å². The Morgan fingerprint density at radius 1 is 1.62 bits per heavy atom. The molecule has 0 aliphatic carbocycles. The van der Waals surface area contributed by atoms with Crippen LogP contribution in [0.1, 0.15) is 19.5 Å². The number of aromatic nitrogens is 2. The number of hydrogen-bond donors (Lipinski definition) is 3. The van der Waals surface area contributed by atoms with Crippen LogP contribution in [-0.2, 0) is 16.0 Å². The summed E-state index contributed by atoms with van der Waals surface area (Å²) in [5.41, 5.74) is 0.238. The Labute approximate surface area is 122 Å². The van der Waals surface area contributed by atoms with Gasteiger partial charge in [0.15, 0.2) is 0 Å². The SMILES string of the molecule is CC1(C)CN(C(=O)N[C@@H](Cc2cnc[nH]2)C(=O)O)CCO1. The van der Waals surface area contributed by atoms with Crippen molar-refractivity contribution in [1.82, 2.24) is 20.2 Å². The molecule has 2 heterocycles. The van der Waals surface area contributed by atoms with Gasteiger partial charge in [0.1, 0.15) is 6.04 Å². The molecule has 2 amide bonds. The van der Waals surface area contributed by atoms with Crippen molar-refractivity contribution in [3.63, 3.8) is 0 Å². The van der Waals surface area contributed by atoms with Crippen LogP contribution >= 0.6 is 0 Å². The number of carbonyl (C=O) groups excluding carboxylic acids is 1. The molecule has 21 heavy (non-hydrogen) atoms. The molecular weight excluding hydrogens is 276 g/mol. The third-order valence-electron chi connectivity index (χ3n) is 3.29. The molecule has 1 fully saturated rings. The van der Waals surface area contributed by atoms with Gasteiger partial charge in [0.2, 0.25) is 0 Å². The lowest BCUT2D eigenvalue weighted by Crippen LogP contribution is -2.56. The Balaban J connectivity index is 1.96. The molecule has 1 aliphatic rings. The second kappa shape index (κ2) is 6.13. The molecule has 0 bridgehead atoms. The van der Waals surface area contributed by atoms with E-state index in [0.29, 0.717) is 25.4 Å². The van der Waals surface area contributed by atoms with Gasteiger partial charge >= 0.3 is 12.0 Å². The monoisotopic (exact) mass is 296 g/mol. The van der Waals surface area contributed by atoms with E-state index in [1.165, 1.54) is 6.33 Å². The zero-order chi connectivity index (χ0) is 15.5. The minimum atomic E-state index is -1.08. The number of aromatic amines is 1. The summed E-state index contributed by atoms with van der Waals surface area (Å²) in [4.78, 5) is 31.7. The highest BCUT2D eigenvalue weighted by Gasteiger charge is 2.31. The molecule has 1 saturated heterocycles. The van der Waals surface area contributed by atoms with E-state index in [1.807, 2.05) is 13.8 Å². The molecule has 2 rings (SSSR count). The zero-order valence-corrected chi connectivity index (χ0v) is 12.1. The molecule has 0 saturated carbocycles. The number of rotatable bonds is 4. The highest BCUT2D eigenvalue weighted by atomic mass is 16.5. The van der Waals surface area contributed by atoms with Crippen molar-refractivity contribution in [2.45, 2.75) is 31.9 Å². The van der Waals surface area contributed by atoms with Gasteiger partial charge in [0.25, 0.3) is 0 Å². The van der Waals surface area contributed by atoms with Crippen molar-refractivity contribution in [3.8, 4) is 0 Å². The van der Waals surface area contributed by atoms with E-state index < -0.39 is 23.6 Å². The average Bonchev–Trinajstić information content (AvgIpc) is 2.89. The normalized spacial score (nSPS) is 19.0. The summed E-state index contributed by atoms with van der Waals surface area (Å²) in [5, 5.41) is 11.8. The number of H-pyrrole nitrogens is 1. The highest BCUT2D eigenvalue weighted by molar-refractivity contribution is 5.82. The fraction of sp³-hybridized carbons (Fsp3) is 0.615. The first kappa shape index (κ1) is 15.3. The van der Waals surface area contributed by atoms with Gasteiger partial charge in [-0.05, 0) is 13.8 Å². The van der Waals surface area contributed by atoms with Crippen molar-refractivity contribution >= 4 is 12.0 Å². The van der Waals surface area contributed by atoms with E-state index in [9.17, 15) is 14.7 Å². The molecule has 8 heteroatoms. The molecule has 0 aromatic carbocycles. The van der Waals surface area contributed by atoms with Crippen molar-refractivity contribution < 1.29 is 19.4 Å². The summed E-state index contributed by atoms with van der Waals surface area (Å²) >= 11 is 0. The lowest BCUT2D eigenvalue weighted by Gasteiger charge is -2.38. The number of aliphatic carboxylic acids is 1. The van der Waals surface area contributed by atoms with Crippen LogP contribution in [-0.4, -0.2) is 63.3 Å². The maximum atomic E-state index is 12.2. The standard InChI is InChI=1S/C13H20N4O4/c1-13(2)7-17(3-4-21-13)12(20)16-10(11(18)19)5-9-6-14-8-15-9/h6,8,10H,3-5,7H2,1-2H3,(H,14,15)(H,16,20)(H,18,19)/t10-/m0/s1. The largest absolute Gasteiger partial charge is 0.480 e. The second-order valence-electron chi connectivity index (χ2n) is 5.65. The van der Waals surface area contributed by atoms with Gasteiger partial charge < -0.3 is 25.0 Å². The third-order valence-corrected chi connectivity index (χ3v) is 3.29. The smallest absolute Gasteiger partial charge is 0.326 e. The summed E-state index contributed by atoms with van der Waals surface area (Å²) in [6.45, 7) is 5.11. The van der Waals surface area contributed by atoms with E-state index >= 15 is 0 Å². The maximum Gasteiger partial charge on any atom is 0.326 e. The minimum absolute atomic E-state index is 0.162. The molecule has 8 nitrogen and oxygen atoms in total. The number of nitrogens with one attached hydrogen (secondary N) is 2. The minimum Gasteiger partial charge on any atom is -0.480 e. The van der Waals surface area contributed by atoms with Crippen LogP contribution in [0.2, 0.25) is 0 Å². The van der Waals surface area contributed by atoms with Crippen LogP contribution in [0.25, 0.3) is 0 Å². The number of hydrogen-bond acceptors (Lipinski definition) is 4. The predicted molar refractivity (Wildman–Crippen MR) is 73.9 cm³/mol. The predicted octanol–water partition coefficient (Wildman–Crippen LogP) is 0.226. The Morgan fingerprint density at radius 3 is 2.95 bits per heavy atom. The van der Waals surface area contributed by atoms with Gasteiger partial charge in [-0.1, -0.05) is 0 Å². The summed E-state index contributed by atoms with van der Waals surface area (Å²) < 4.78 is 5.53. The molecule has 3 N–H and O–H groups in total. The van der Waals surface area contributed by atoms with Crippen LogP contribution in [0.5, 0.6) is 0 Å². The number of carboxylic acid groups (broad SMARTS) is 1. The first-order chi connectivity index (χ1) is 9.87. The van der Waals surface area contributed by atoms with Crippen LogP contribution in [0.4, 0.5) is 4.79 Å². The molecule has 1 aromatic rings. The molecule has 0 radical (unpaired) electrons. The lowest BCUT2D eigenvalue weighted by molar-refractivity contribution is -0.139. The van der Waals surface area contributed by atoms with Crippen LogP contribution < -0.4 is 5.32 Å². The third kappa shape index (κ3) is 4.19. The highest BCUT2D eigenvalue weighted by Crippen LogP contribution is 2.16. The molecular formula is C13H20N4O4.